The van der Waals surface area contributed by atoms with E-state index in [9.17, 15) is 9.18 Å². The lowest BCUT2D eigenvalue weighted by molar-refractivity contribution is 0.0983. The van der Waals surface area contributed by atoms with E-state index in [1.165, 1.54) is 29.2 Å². The van der Waals surface area contributed by atoms with Crippen LogP contribution in [0.1, 0.15) is 10.4 Å². The zero-order valence-electron chi connectivity index (χ0n) is 15.1. The Morgan fingerprint density at radius 3 is 2.82 bits per heavy atom. The van der Waals surface area contributed by atoms with E-state index in [0.717, 1.165) is 4.90 Å². The smallest absolute Gasteiger partial charge is 0.261 e. The Labute approximate surface area is 169 Å². The van der Waals surface area contributed by atoms with Crippen LogP contribution in [0.25, 0.3) is 10.2 Å². The van der Waals surface area contributed by atoms with Gasteiger partial charge in [-0.2, -0.15) is 5.10 Å². The van der Waals surface area contributed by atoms with Gasteiger partial charge in [0.25, 0.3) is 5.91 Å². The normalized spacial score (nSPS) is 11.1. The molecule has 5 nitrogen and oxygen atoms in total. The number of benzene rings is 2. The fraction of sp³-hybridized carbons (Fsp3) is 0.150. The minimum absolute atomic E-state index is 0.156. The van der Waals surface area contributed by atoms with E-state index in [4.69, 9.17) is 0 Å². The first-order chi connectivity index (χ1) is 13.7. The van der Waals surface area contributed by atoms with E-state index in [1.54, 1.807) is 21.8 Å². The number of amides is 1. The van der Waals surface area contributed by atoms with E-state index in [1.807, 2.05) is 48.9 Å². The summed E-state index contributed by atoms with van der Waals surface area (Å²) in [5, 5.41) is 4.68. The Kier molecular flexibility index (Phi) is 5.40. The number of aromatic nitrogens is 3. The van der Waals surface area contributed by atoms with Gasteiger partial charge in [0.2, 0.25) is 0 Å². The molecule has 0 bridgehead atoms. The molecule has 142 valence electrons. The highest BCUT2D eigenvalue weighted by atomic mass is 32.2. The molecule has 28 heavy (non-hydrogen) atoms. The number of nitrogens with zero attached hydrogens (tertiary/aromatic N) is 4. The molecule has 4 rings (SSSR count). The summed E-state index contributed by atoms with van der Waals surface area (Å²) in [6.45, 7) is 0.892. The molecule has 0 aliphatic carbocycles. The van der Waals surface area contributed by atoms with E-state index in [-0.39, 0.29) is 17.2 Å². The number of halogens is 1. The molecule has 4 aromatic rings. The Hall–Kier alpha value is -2.71. The van der Waals surface area contributed by atoms with E-state index in [0.29, 0.717) is 28.5 Å². The van der Waals surface area contributed by atoms with Crippen LogP contribution in [-0.4, -0.2) is 33.5 Å². The Morgan fingerprint density at radius 1 is 1.21 bits per heavy atom. The van der Waals surface area contributed by atoms with Gasteiger partial charge in [0.05, 0.1) is 16.8 Å². The fourth-order valence-electron chi connectivity index (χ4n) is 2.90. The fourth-order valence-corrected chi connectivity index (χ4v) is 4.50. The summed E-state index contributed by atoms with van der Waals surface area (Å²) in [5.41, 5.74) is 0.896. The predicted molar refractivity (Wildman–Crippen MR) is 112 cm³/mol. The average molecular weight is 413 g/mol. The molecule has 0 fully saturated rings. The summed E-state index contributed by atoms with van der Waals surface area (Å²) in [4.78, 5) is 20.3. The Bertz CT molecular complexity index is 1110. The van der Waals surface area contributed by atoms with Crippen molar-refractivity contribution in [3.63, 3.8) is 0 Å². The first-order valence-electron chi connectivity index (χ1n) is 8.65. The number of hydrogen-bond acceptors (Lipinski definition) is 5. The lowest BCUT2D eigenvalue weighted by Gasteiger charge is -2.21. The third kappa shape index (κ3) is 3.65. The van der Waals surface area contributed by atoms with Crippen molar-refractivity contribution in [2.24, 2.45) is 0 Å². The van der Waals surface area contributed by atoms with Gasteiger partial charge in [-0.25, -0.2) is 9.37 Å². The SMILES string of the molecule is CSc1ccccc1C(=O)N(CCn1cccn1)c1nc2c(F)cccc2s1. The highest BCUT2D eigenvalue weighted by Gasteiger charge is 2.24. The first-order valence-corrected chi connectivity index (χ1v) is 10.7. The molecule has 0 aliphatic rings. The van der Waals surface area contributed by atoms with E-state index >= 15 is 0 Å². The summed E-state index contributed by atoms with van der Waals surface area (Å²) in [7, 11) is 0. The molecule has 0 spiro atoms. The maximum absolute atomic E-state index is 14.1. The van der Waals surface area contributed by atoms with Gasteiger partial charge in [0.15, 0.2) is 5.13 Å². The van der Waals surface area contributed by atoms with Crippen molar-refractivity contribution in [1.29, 1.82) is 0 Å². The van der Waals surface area contributed by atoms with Crippen LogP contribution in [0.15, 0.2) is 65.8 Å². The maximum atomic E-state index is 14.1. The highest BCUT2D eigenvalue weighted by molar-refractivity contribution is 7.98. The van der Waals surface area contributed by atoms with E-state index < -0.39 is 0 Å². The zero-order valence-corrected chi connectivity index (χ0v) is 16.7. The third-order valence-electron chi connectivity index (χ3n) is 4.28. The second-order valence-corrected chi connectivity index (χ2v) is 7.87. The second-order valence-electron chi connectivity index (χ2n) is 6.01. The molecule has 0 aliphatic heterocycles. The van der Waals surface area contributed by atoms with Gasteiger partial charge < -0.3 is 0 Å². The minimum Gasteiger partial charge on any atom is -0.282 e. The van der Waals surface area contributed by atoms with Crippen LogP contribution in [0.5, 0.6) is 0 Å². The average Bonchev–Trinajstić information content (AvgIpc) is 3.38. The molecule has 2 aromatic carbocycles. The van der Waals surface area contributed by atoms with Crippen LogP contribution < -0.4 is 4.90 Å². The van der Waals surface area contributed by atoms with Crippen LogP contribution in [0.3, 0.4) is 0 Å². The number of carbonyl (C=O) groups is 1. The molecular weight excluding hydrogens is 395 g/mol. The highest BCUT2D eigenvalue weighted by Crippen LogP contribution is 2.32. The van der Waals surface area contributed by atoms with Crippen LogP contribution >= 0.6 is 23.1 Å². The number of anilines is 1. The van der Waals surface area contributed by atoms with Crippen LogP contribution in [-0.2, 0) is 6.54 Å². The molecule has 2 aromatic heterocycles. The quantitative estimate of drug-likeness (QED) is 0.431. The summed E-state index contributed by atoms with van der Waals surface area (Å²) >= 11 is 2.83. The molecule has 2 heterocycles. The van der Waals surface area contributed by atoms with Crippen molar-refractivity contribution >= 4 is 44.4 Å². The Morgan fingerprint density at radius 2 is 2.07 bits per heavy atom. The van der Waals surface area contributed by atoms with Gasteiger partial charge in [-0.15, -0.1) is 11.8 Å². The number of thiazole rings is 1. The molecular formula is C20H17FN4OS2. The lowest BCUT2D eigenvalue weighted by atomic mass is 10.2. The predicted octanol–water partition coefficient (Wildman–Crippen LogP) is 4.70. The summed E-state index contributed by atoms with van der Waals surface area (Å²) in [6, 6.07) is 14.2. The van der Waals surface area contributed by atoms with Gasteiger partial charge in [-0.1, -0.05) is 29.5 Å². The molecule has 8 heteroatoms. The zero-order chi connectivity index (χ0) is 19.5. The molecule has 0 N–H and O–H groups in total. The van der Waals surface area contributed by atoms with Gasteiger partial charge >= 0.3 is 0 Å². The summed E-state index contributed by atoms with van der Waals surface area (Å²) in [5.74, 6) is -0.541. The standard InChI is InChI=1S/C20H17FN4OS2/c1-27-16-8-3-2-6-14(16)19(26)25(13-12-24-11-5-10-22-24)20-23-18-15(21)7-4-9-17(18)28-20/h2-11H,12-13H2,1H3. The minimum atomic E-state index is -0.385. The maximum Gasteiger partial charge on any atom is 0.261 e. The van der Waals surface area contributed by atoms with Crippen LogP contribution in [0.2, 0.25) is 0 Å². The topological polar surface area (TPSA) is 51.0 Å². The van der Waals surface area contributed by atoms with E-state index in [2.05, 4.69) is 10.1 Å². The van der Waals surface area contributed by atoms with Gasteiger partial charge in [-0.05, 0) is 36.6 Å². The monoisotopic (exact) mass is 412 g/mol. The second kappa shape index (κ2) is 8.12. The molecule has 1 amide bonds. The molecule has 0 saturated heterocycles. The third-order valence-corrected chi connectivity index (χ3v) is 6.12. The Balaban J connectivity index is 1.74. The molecule has 0 atom stereocenters. The van der Waals surface area contributed by atoms with Crippen molar-refractivity contribution in [3.05, 3.63) is 72.3 Å². The molecule has 0 radical (unpaired) electrons. The number of carbonyl (C=O) groups excluding carboxylic acids is 1. The van der Waals surface area contributed by atoms with Gasteiger partial charge in [0, 0.05) is 23.8 Å². The number of rotatable bonds is 6. The number of para-hydroxylation sites is 1. The molecule has 0 saturated carbocycles. The van der Waals surface area contributed by atoms with Crippen molar-refractivity contribution in [3.8, 4) is 0 Å². The number of hydrogen-bond donors (Lipinski definition) is 0. The van der Waals surface area contributed by atoms with Gasteiger partial charge in [-0.3, -0.25) is 14.4 Å². The summed E-state index contributed by atoms with van der Waals surface area (Å²) < 4.78 is 16.6. The molecule has 0 unspecified atom stereocenters. The summed E-state index contributed by atoms with van der Waals surface area (Å²) in [6.07, 6.45) is 5.48. The van der Waals surface area contributed by atoms with Crippen LogP contribution in [0.4, 0.5) is 9.52 Å². The number of fused-ring (bicyclic) bond motifs is 1. The van der Waals surface area contributed by atoms with Crippen molar-refractivity contribution < 1.29 is 9.18 Å². The van der Waals surface area contributed by atoms with Crippen molar-refractivity contribution in [1.82, 2.24) is 14.8 Å². The first kappa shape index (κ1) is 18.6. The number of thioether (sulfide) groups is 1. The van der Waals surface area contributed by atoms with Crippen LogP contribution in [0, 0.1) is 5.82 Å². The lowest BCUT2D eigenvalue weighted by Crippen LogP contribution is -2.34. The van der Waals surface area contributed by atoms with Gasteiger partial charge in [0.1, 0.15) is 11.3 Å². The largest absolute Gasteiger partial charge is 0.282 e. The van der Waals surface area contributed by atoms with Crippen molar-refractivity contribution in [2.45, 2.75) is 11.4 Å². The van der Waals surface area contributed by atoms with Crippen molar-refractivity contribution in [2.75, 3.05) is 17.7 Å².